The van der Waals surface area contributed by atoms with Crippen molar-refractivity contribution < 1.29 is 0 Å². The van der Waals surface area contributed by atoms with Crippen molar-refractivity contribution in [2.24, 2.45) is 0 Å². The van der Waals surface area contributed by atoms with E-state index < -0.39 is 0 Å². The molecule has 94 valence electrons. The predicted molar refractivity (Wildman–Crippen MR) is 69.7 cm³/mol. The number of piperidine rings is 1. The Morgan fingerprint density at radius 1 is 1.19 bits per heavy atom. The van der Waals surface area contributed by atoms with Gasteiger partial charge in [-0.3, -0.25) is 4.90 Å². The molecule has 3 unspecified atom stereocenters. The number of rotatable bonds is 2. The molecule has 0 aromatic heterocycles. The smallest absolute Gasteiger partial charge is 0.0125 e. The summed E-state index contributed by atoms with van der Waals surface area (Å²) in [5.41, 5.74) is 0. The Hall–Kier alpha value is -0.0800. The lowest BCUT2D eigenvalue weighted by Crippen LogP contribution is -2.50. The van der Waals surface area contributed by atoms with Gasteiger partial charge in [0, 0.05) is 18.1 Å². The van der Waals surface area contributed by atoms with Crippen molar-refractivity contribution in [1.82, 2.24) is 10.2 Å². The van der Waals surface area contributed by atoms with E-state index in [4.69, 9.17) is 0 Å². The van der Waals surface area contributed by atoms with Gasteiger partial charge in [-0.2, -0.15) is 0 Å². The van der Waals surface area contributed by atoms with Crippen LogP contribution in [0.1, 0.15) is 58.8 Å². The largest absolute Gasteiger partial charge is 0.314 e. The molecule has 2 saturated heterocycles. The molecular formula is C14H28N2. The third-order valence-corrected chi connectivity index (χ3v) is 4.46. The fourth-order valence-corrected chi connectivity index (χ4v) is 3.53. The van der Waals surface area contributed by atoms with Crippen molar-refractivity contribution in [2.75, 3.05) is 13.1 Å². The molecule has 2 heteroatoms. The van der Waals surface area contributed by atoms with Crippen molar-refractivity contribution in [3.8, 4) is 0 Å². The Labute approximate surface area is 101 Å². The van der Waals surface area contributed by atoms with Crippen molar-refractivity contribution in [3.05, 3.63) is 0 Å². The molecule has 0 saturated carbocycles. The van der Waals surface area contributed by atoms with Gasteiger partial charge in [0.1, 0.15) is 0 Å². The summed E-state index contributed by atoms with van der Waals surface area (Å²) in [7, 11) is 0. The van der Waals surface area contributed by atoms with E-state index in [-0.39, 0.29) is 0 Å². The Balaban J connectivity index is 1.97. The zero-order valence-electron chi connectivity index (χ0n) is 11.0. The number of nitrogens with zero attached hydrogens (tertiary/aromatic N) is 1. The maximum atomic E-state index is 3.57. The minimum Gasteiger partial charge on any atom is -0.314 e. The van der Waals surface area contributed by atoms with Crippen LogP contribution in [0.3, 0.4) is 0 Å². The summed E-state index contributed by atoms with van der Waals surface area (Å²) in [5, 5.41) is 3.57. The molecule has 2 heterocycles. The molecule has 0 amide bonds. The van der Waals surface area contributed by atoms with Crippen LogP contribution in [0.15, 0.2) is 0 Å². The lowest BCUT2D eigenvalue weighted by Gasteiger charge is -2.40. The molecule has 0 aromatic rings. The van der Waals surface area contributed by atoms with Crippen LogP contribution in [0.25, 0.3) is 0 Å². The molecule has 1 N–H and O–H groups in total. The molecule has 2 rings (SSSR count). The minimum atomic E-state index is 0.722. The van der Waals surface area contributed by atoms with Crippen LogP contribution in [0.2, 0.25) is 0 Å². The number of nitrogens with one attached hydrogen (secondary N) is 1. The average Bonchev–Trinajstić information content (AvgIpc) is 2.53. The third kappa shape index (κ3) is 2.98. The average molecular weight is 224 g/mol. The molecule has 0 radical (unpaired) electrons. The van der Waals surface area contributed by atoms with Crippen LogP contribution in [0.4, 0.5) is 0 Å². The fourth-order valence-electron chi connectivity index (χ4n) is 3.53. The highest BCUT2D eigenvalue weighted by Gasteiger charge is 2.29. The predicted octanol–water partition coefficient (Wildman–Crippen LogP) is 2.78. The SMILES string of the molecule is CCC1CCCCCN1C1CCNC(C)C1. The van der Waals surface area contributed by atoms with Crippen LogP contribution in [0.5, 0.6) is 0 Å². The molecule has 2 nitrogen and oxygen atoms in total. The van der Waals surface area contributed by atoms with E-state index in [0.717, 1.165) is 18.1 Å². The zero-order valence-corrected chi connectivity index (χ0v) is 11.0. The van der Waals surface area contributed by atoms with Gasteiger partial charge in [-0.25, -0.2) is 0 Å². The second-order valence-electron chi connectivity index (χ2n) is 5.68. The van der Waals surface area contributed by atoms with E-state index in [0.29, 0.717) is 0 Å². The maximum Gasteiger partial charge on any atom is 0.0125 e. The van der Waals surface area contributed by atoms with Gasteiger partial charge in [0.05, 0.1) is 0 Å². The van der Waals surface area contributed by atoms with Gasteiger partial charge < -0.3 is 5.32 Å². The first-order valence-electron chi connectivity index (χ1n) is 7.30. The van der Waals surface area contributed by atoms with Gasteiger partial charge in [-0.15, -0.1) is 0 Å². The molecule has 2 aliphatic rings. The summed E-state index contributed by atoms with van der Waals surface area (Å²) < 4.78 is 0. The Morgan fingerprint density at radius 2 is 2.06 bits per heavy atom. The van der Waals surface area contributed by atoms with Crippen molar-refractivity contribution in [2.45, 2.75) is 76.9 Å². The van der Waals surface area contributed by atoms with Crippen molar-refractivity contribution >= 4 is 0 Å². The molecule has 2 fully saturated rings. The monoisotopic (exact) mass is 224 g/mol. The first-order chi connectivity index (χ1) is 7.81. The topological polar surface area (TPSA) is 15.3 Å². The summed E-state index contributed by atoms with van der Waals surface area (Å²) in [6.45, 7) is 7.28. The Kier molecular flexibility index (Phi) is 4.66. The third-order valence-electron chi connectivity index (χ3n) is 4.46. The fraction of sp³-hybridized carbons (Fsp3) is 1.00. The number of likely N-dealkylation sites (tertiary alicyclic amines) is 1. The Bertz CT molecular complexity index is 205. The van der Waals surface area contributed by atoms with Crippen molar-refractivity contribution in [1.29, 1.82) is 0 Å². The lowest BCUT2D eigenvalue weighted by molar-refractivity contribution is 0.0978. The van der Waals surface area contributed by atoms with E-state index in [9.17, 15) is 0 Å². The van der Waals surface area contributed by atoms with Crippen LogP contribution < -0.4 is 5.32 Å². The van der Waals surface area contributed by atoms with Gasteiger partial charge in [-0.05, 0) is 52.1 Å². The number of hydrogen-bond acceptors (Lipinski definition) is 2. The first-order valence-corrected chi connectivity index (χ1v) is 7.30. The Morgan fingerprint density at radius 3 is 2.81 bits per heavy atom. The quantitative estimate of drug-likeness (QED) is 0.776. The highest BCUT2D eigenvalue weighted by atomic mass is 15.2. The number of hydrogen-bond donors (Lipinski definition) is 1. The lowest BCUT2D eigenvalue weighted by atomic mass is 9.96. The normalized spacial score (nSPS) is 38.2. The summed E-state index contributed by atoms with van der Waals surface area (Å²) >= 11 is 0. The van der Waals surface area contributed by atoms with Gasteiger partial charge in [0.15, 0.2) is 0 Å². The van der Waals surface area contributed by atoms with Gasteiger partial charge in [0.2, 0.25) is 0 Å². The van der Waals surface area contributed by atoms with Gasteiger partial charge >= 0.3 is 0 Å². The molecule has 3 atom stereocenters. The highest BCUT2D eigenvalue weighted by molar-refractivity contribution is 4.86. The van der Waals surface area contributed by atoms with E-state index >= 15 is 0 Å². The molecule has 16 heavy (non-hydrogen) atoms. The molecule has 0 aliphatic carbocycles. The second-order valence-corrected chi connectivity index (χ2v) is 5.68. The molecule has 0 spiro atoms. The minimum absolute atomic E-state index is 0.722. The van der Waals surface area contributed by atoms with E-state index in [1.165, 1.54) is 58.0 Å². The summed E-state index contributed by atoms with van der Waals surface area (Å²) in [6.07, 6.45) is 9.84. The van der Waals surface area contributed by atoms with E-state index in [2.05, 4.69) is 24.1 Å². The first kappa shape index (κ1) is 12.4. The van der Waals surface area contributed by atoms with Crippen molar-refractivity contribution in [3.63, 3.8) is 0 Å². The van der Waals surface area contributed by atoms with Crippen LogP contribution in [0, 0.1) is 0 Å². The van der Waals surface area contributed by atoms with E-state index in [1.807, 2.05) is 0 Å². The zero-order chi connectivity index (χ0) is 11.4. The molecule has 0 bridgehead atoms. The van der Waals surface area contributed by atoms with Gasteiger partial charge in [-0.1, -0.05) is 19.8 Å². The molecule has 2 aliphatic heterocycles. The second kappa shape index (κ2) is 6.02. The van der Waals surface area contributed by atoms with E-state index in [1.54, 1.807) is 0 Å². The van der Waals surface area contributed by atoms with Crippen LogP contribution in [-0.4, -0.2) is 36.1 Å². The summed E-state index contributed by atoms with van der Waals surface area (Å²) in [6, 6.07) is 2.46. The summed E-state index contributed by atoms with van der Waals surface area (Å²) in [4.78, 5) is 2.85. The molecule has 0 aromatic carbocycles. The van der Waals surface area contributed by atoms with Crippen LogP contribution >= 0.6 is 0 Å². The maximum absolute atomic E-state index is 3.57. The van der Waals surface area contributed by atoms with Gasteiger partial charge in [0.25, 0.3) is 0 Å². The molecular weight excluding hydrogens is 196 g/mol. The van der Waals surface area contributed by atoms with Crippen LogP contribution in [-0.2, 0) is 0 Å². The highest BCUT2D eigenvalue weighted by Crippen LogP contribution is 2.25. The summed E-state index contributed by atoms with van der Waals surface area (Å²) in [5.74, 6) is 0. The standard InChI is InChI=1S/C14H28N2/c1-3-13-7-5-4-6-10-16(13)14-8-9-15-12(2)11-14/h12-15H,3-11H2,1-2H3.